The molecule has 0 radical (unpaired) electrons. The summed E-state index contributed by atoms with van der Waals surface area (Å²) in [5.41, 5.74) is 0.640. The van der Waals surface area contributed by atoms with Crippen LogP contribution in [0.5, 0.6) is 5.75 Å². The molecule has 1 heterocycles. The molecule has 1 N–H and O–H groups in total. The van der Waals surface area contributed by atoms with E-state index in [1.807, 2.05) is 0 Å². The number of aliphatic carboxylic acids is 1. The number of nitrogens with zero attached hydrogens (tertiary/aromatic N) is 1. The van der Waals surface area contributed by atoms with Gasteiger partial charge in [0.2, 0.25) is 0 Å². The summed E-state index contributed by atoms with van der Waals surface area (Å²) >= 11 is 0. The predicted octanol–water partition coefficient (Wildman–Crippen LogP) is 1.16. The smallest absolute Gasteiger partial charge is 0.303 e. The van der Waals surface area contributed by atoms with Gasteiger partial charge in [-0.25, -0.2) is 0 Å². The standard InChI is InChI=1S/C13H13NO5/c1-19-8-4-5-9-10(7-8)13(18)14(12(9)17)6-2-3-11(15)16/h4-5,7H,2-3,6H2,1H3,(H,15,16). The van der Waals surface area contributed by atoms with E-state index < -0.39 is 11.9 Å². The van der Waals surface area contributed by atoms with Crippen LogP contribution in [-0.4, -0.2) is 41.4 Å². The van der Waals surface area contributed by atoms with Crippen molar-refractivity contribution < 1.29 is 24.2 Å². The highest BCUT2D eigenvalue weighted by atomic mass is 16.5. The van der Waals surface area contributed by atoms with Crippen LogP contribution in [-0.2, 0) is 4.79 Å². The maximum Gasteiger partial charge on any atom is 0.303 e. The Morgan fingerprint density at radius 3 is 2.58 bits per heavy atom. The van der Waals surface area contributed by atoms with Gasteiger partial charge in [-0.2, -0.15) is 0 Å². The highest BCUT2D eigenvalue weighted by molar-refractivity contribution is 6.21. The lowest BCUT2D eigenvalue weighted by atomic mass is 10.1. The molecule has 0 spiro atoms. The summed E-state index contributed by atoms with van der Waals surface area (Å²) < 4.78 is 5.01. The van der Waals surface area contributed by atoms with E-state index >= 15 is 0 Å². The maximum atomic E-state index is 12.1. The highest BCUT2D eigenvalue weighted by Gasteiger charge is 2.35. The molecule has 6 nitrogen and oxygen atoms in total. The molecule has 1 aliphatic rings. The Balaban J connectivity index is 2.16. The van der Waals surface area contributed by atoms with E-state index in [2.05, 4.69) is 0 Å². The molecule has 0 bridgehead atoms. The zero-order valence-corrected chi connectivity index (χ0v) is 10.4. The molecule has 0 saturated heterocycles. The average Bonchev–Trinajstić information content (AvgIpc) is 2.63. The zero-order chi connectivity index (χ0) is 14.0. The second-order valence-corrected chi connectivity index (χ2v) is 4.17. The molecule has 2 amide bonds. The monoisotopic (exact) mass is 263 g/mol. The van der Waals surface area contributed by atoms with Crippen LogP contribution in [0.3, 0.4) is 0 Å². The van der Waals surface area contributed by atoms with E-state index in [4.69, 9.17) is 9.84 Å². The van der Waals surface area contributed by atoms with Gasteiger partial charge in [-0.1, -0.05) is 0 Å². The number of carbonyl (C=O) groups is 3. The second kappa shape index (κ2) is 5.09. The van der Waals surface area contributed by atoms with Crippen LogP contribution in [0.4, 0.5) is 0 Å². The molecule has 1 aromatic carbocycles. The lowest BCUT2D eigenvalue weighted by Gasteiger charge is -2.12. The Kier molecular flexibility index (Phi) is 3.50. The number of fused-ring (bicyclic) bond motifs is 1. The normalized spacial score (nSPS) is 13.6. The Morgan fingerprint density at radius 2 is 1.95 bits per heavy atom. The van der Waals surface area contributed by atoms with Gasteiger partial charge >= 0.3 is 5.97 Å². The quantitative estimate of drug-likeness (QED) is 0.806. The minimum Gasteiger partial charge on any atom is -0.497 e. The van der Waals surface area contributed by atoms with Gasteiger partial charge in [0.05, 0.1) is 18.2 Å². The van der Waals surface area contributed by atoms with E-state index in [0.717, 1.165) is 4.90 Å². The van der Waals surface area contributed by atoms with Gasteiger partial charge in [0, 0.05) is 13.0 Å². The molecule has 0 aromatic heterocycles. The summed E-state index contributed by atoms with van der Waals surface area (Å²) in [5.74, 6) is -1.22. The SMILES string of the molecule is COc1ccc2c(c1)C(=O)N(CCCC(=O)O)C2=O. The molecule has 0 unspecified atom stereocenters. The fraction of sp³-hybridized carbons (Fsp3) is 0.308. The third-order valence-electron chi connectivity index (χ3n) is 2.95. The molecule has 0 saturated carbocycles. The number of carboxylic acid groups (broad SMARTS) is 1. The molecule has 100 valence electrons. The van der Waals surface area contributed by atoms with Gasteiger partial charge in [-0.15, -0.1) is 0 Å². The van der Waals surface area contributed by atoms with Crippen LogP contribution in [0.2, 0.25) is 0 Å². The lowest BCUT2D eigenvalue weighted by molar-refractivity contribution is -0.137. The fourth-order valence-corrected chi connectivity index (χ4v) is 1.99. The van der Waals surface area contributed by atoms with Gasteiger partial charge in [0.1, 0.15) is 5.75 Å². The minimum atomic E-state index is -0.946. The topological polar surface area (TPSA) is 83.9 Å². The molecular weight excluding hydrogens is 250 g/mol. The number of carbonyl (C=O) groups excluding carboxylic acids is 2. The van der Waals surface area contributed by atoms with Gasteiger partial charge in [0.15, 0.2) is 0 Å². The number of rotatable bonds is 5. The largest absolute Gasteiger partial charge is 0.497 e. The summed E-state index contributed by atoms with van der Waals surface area (Å²) in [6, 6.07) is 4.68. The fourth-order valence-electron chi connectivity index (χ4n) is 1.99. The number of hydrogen-bond donors (Lipinski definition) is 1. The van der Waals surface area contributed by atoms with E-state index in [1.165, 1.54) is 13.2 Å². The van der Waals surface area contributed by atoms with Crippen LogP contribution in [0.25, 0.3) is 0 Å². The van der Waals surface area contributed by atoms with Crippen molar-refractivity contribution in [3.63, 3.8) is 0 Å². The van der Waals surface area contributed by atoms with E-state index in [0.29, 0.717) is 16.9 Å². The Bertz CT molecular complexity index is 552. The van der Waals surface area contributed by atoms with Crippen molar-refractivity contribution in [3.05, 3.63) is 29.3 Å². The van der Waals surface area contributed by atoms with Crippen molar-refractivity contribution in [3.8, 4) is 5.75 Å². The number of hydrogen-bond acceptors (Lipinski definition) is 4. The second-order valence-electron chi connectivity index (χ2n) is 4.17. The number of methoxy groups -OCH3 is 1. The predicted molar refractivity (Wildman–Crippen MR) is 65.2 cm³/mol. The van der Waals surface area contributed by atoms with Crippen LogP contribution >= 0.6 is 0 Å². The first-order valence-corrected chi connectivity index (χ1v) is 5.80. The van der Waals surface area contributed by atoms with Gasteiger partial charge in [0.25, 0.3) is 11.8 Å². The summed E-state index contributed by atoms with van der Waals surface area (Å²) in [7, 11) is 1.48. The molecule has 1 aliphatic heterocycles. The summed E-state index contributed by atoms with van der Waals surface area (Å²) in [4.78, 5) is 35.6. The van der Waals surface area contributed by atoms with Crippen molar-refractivity contribution in [1.82, 2.24) is 4.90 Å². The third kappa shape index (κ3) is 2.42. The van der Waals surface area contributed by atoms with Crippen LogP contribution in [0.15, 0.2) is 18.2 Å². The van der Waals surface area contributed by atoms with Crippen LogP contribution in [0, 0.1) is 0 Å². The number of amides is 2. The number of benzene rings is 1. The van der Waals surface area contributed by atoms with Crippen molar-refractivity contribution in [2.75, 3.05) is 13.7 Å². The average molecular weight is 263 g/mol. The van der Waals surface area contributed by atoms with Crippen molar-refractivity contribution in [2.45, 2.75) is 12.8 Å². The molecule has 0 aliphatic carbocycles. The number of imide groups is 1. The van der Waals surface area contributed by atoms with Crippen molar-refractivity contribution >= 4 is 17.8 Å². The first-order chi connectivity index (χ1) is 9.04. The van der Waals surface area contributed by atoms with Gasteiger partial charge < -0.3 is 9.84 Å². The third-order valence-corrected chi connectivity index (χ3v) is 2.95. The van der Waals surface area contributed by atoms with Gasteiger partial charge in [-0.05, 0) is 24.6 Å². The zero-order valence-electron chi connectivity index (χ0n) is 10.4. The summed E-state index contributed by atoms with van der Waals surface area (Å²) in [5, 5.41) is 8.56. The summed E-state index contributed by atoms with van der Waals surface area (Å²) in [6.45, 7) is 0.112. The number of carboxylic acids is 1. The maximum absolute atomic E-state index is 12.1. The van der Waals surface area contributed by atoms with E-state index in [9.17, 15) is 14.4 Å². The summed E-state index contributed by atoms with van der Waals surface area (Å²) in [6.07, 6.45) is 0.175. The van der Waals surface area contributed by atoms with Gasteiger partial charge in [-0.3, -0.25) is 19.3 Å². The molecule has 19 heavy (non-hydrogen) atoms. The molecule has 6 heteroatoms. The molecule has 1 aromatic rings. The minimum absolute atomic E-state index is 0.0727. The molecule has 2 rings (SSSR count). The molecule has 0 fully saturated rings. The van der Waals surface area contributed by atoms with Crippen LogP contribution in [0.1, 0.15) is 33.6 Å². The van der Waals surface area contributed by atoms with E-state index in [-0.39, 0.29) is 25.3 Å². The Labute approximate surface area is 109 Å². The first kappa shape index (κ1) is 13.1. The Morgan fingerprint density at radius 1 is 1.26 bits per heavy atom. The first-order valence-electron chi connectivity index (χ1n) is 5.80. The van der Waals surface area contributed by atoms with Crippen molar-refractivity contribution in [2.24, 2.45) is 0 Å². The number of ether oxygens (including phenoxy) is 1. The lowest BCUT2D eigenvalue weighted by Crippen LogP contribution is -2.31. The van der Waals surface area contributed by atoms with Crippen LogP contribution < -0.4 is 4.74 Å². The van der Waals surface area contributed by atoms with E-state index in [1.54, 1.807) is 12.1 Å². The Hall–Kier alpha value is -2.37. The molecular formula is C13H13NO5. The highest BCUT2D eigenvalue weighted by Crippen LogP contribution is 2.26. The van der Waals surface area contributed by atoms with Crippen molar-refractivity contribution in [1.29, 1.82) is 0 Å². The molecule has 0 atom stereocenters.